The lowest BCUT2D eigenvalue weighted by molar-refractivity contribution is 0.0937. The molecule has 1 aliphatic carbocycles. The van der Waals surface area contributed by atoms with Crippen molar-refractivity contribution in [3.63, 3.8) is 0 Å². The average molecular weight is 273 g/mol. The predicted octanol–water partition coefficient (Wildman–Crippen LogP) is 2.64. The third kappa shape index (κ3) is 3.15. The second-order valence-electron chi connectivity index (χ2n) is 6.44. The molecule has 20 heavy (non-hydrogen) atoms. The summed E-state index contributed by atoms with van der Waals surface area (Å²) >= 11 is 0. The topological polar surface area (TPSA) is 32.5 Å². The molecule has 1 saturated carbocycles. The second-order valence-corrected chi connectivity index (χ2v) is 6.44. The van der Waals surface area contributed by atoms with E-state index in [0.717, 1.165) is 18.3 Å². The number of nitrogens with zero attached hydrogens (tertiary/aromatic N) is 2. The van der Waals surface area contributed by atoms with Crippen LogP contribution in [0.25, 0.3) is 0 Å². The lowest BCUT2D eigenvalue weighted by Crippen LogP contribution is -2.49. The summed E-state index contributed by atoms with van der Waals surface area (Å²) in [7, 11) is 0. The molecule has 1 aromatic carbocycles. The van der Waals surface area contributed by atoms with E-state index in [2.05, 4.69) is 34.9 Å². The maximum absolute atomic E-state index is 6.00. The molecule has 1 saturated heterocycles. The Morgan fingerprint density at radius 3 is 2.45 bits per heavy atom. The lowest BCUT2D eigenvalue weighted by atomic mass is 10.1. The number of aryl methyl sites for hydroxylation is 1. The van der Waals surface area contributed by atoms with Crippen LogP contribution in [0.4, 0.5) is 5.69 Å². The molecule has 1 heterocycles. The molecule has 0 amide bonds. The highest BCUT2D eigenvalue weighted by Crippen LogP contribution is 2.24. The maximum atomic E-state index is 6.00. The van der Waals surface area contributed by atoms with Crippen LogP contribution < -0.4 is 5.73 Å². The Hall–Kier alpha value is -1.06. The van der Waals surface area contributed by atoms with Crippen molar-refractivity contribution in [3.8, 4) is 0 Å². The first-order valence-corrected chi connectivity index (χ1v) is 8.04. The highest BCUT2D eigenvalue weighted by molar-refractivity contribution is 5.48. The van der Waals surface area contributed by atoms with Crippen LogP contribution in [0.3, 0.4) is 0 Å². The van der Waals surface area contributed by atoms with E-state index in [1.165, 1.54) is 63.0 Å². The fraction of sp³-hybridized carbons (Fsp3) is 0.647. The van der Waals surface area contributed by atoms with E-state index in [9.17, 15) is 0 Å². The van der Waals surface area contributed by atoms with Gasteiger partial charge >= 0.3 is 0 Å². The zero-order valence-electron chi connectivity index (χ0n) is 12.6. The molecule has 0 unspecified atom stereocenters. The van der Waals surface area contributed by atoms with Gasteiger partial charge in [0.05, 0.1) is 0 Å². The Morgan fingerprint density at radius 1 is 1.10 bits per heavy atom. The van der Waals surface area contributed by atoms with Crippen LogP contribution in [0.5, 0.6) is 0 Å². The van der Waals surface area contributed by atoms with Crippen LogP contribution in [0.15, 0.2) is 18.2 Å². The van der Waals surface area contributed by atoms with Gasteiger partial charge in [-0.1, -0.05) is 25.0 Å². The number of piperazine rings is 1. The molecule has 2 aliphatic rings. The van der Waals surface area contributed by atoms with Crippen molar-refractivity contribution in [3.05, 3.63) is 29.3 Å². The minimum atomic E-state index is 0.882. The zero-order valence-corrected chi connectivity index (χ0v) is 12.6. The van der Waals surface area contributed by atoms with Gasteiger partial charge in [-0.15, -0.1) is 0 Å². The summed E-state index contributed by atoms with van der Waals surface area (Å²) in [5.41, 5.74) is 9.46. The summed E-state index contributed by atoms with van der Waals surface area (Å²) in [5.74, 6) is 0. The number of rotatable bonds is 3. The number of hydrogen-bond donors (Lipinski definition) is 1. The van der Waals surface area contributed by atoms with Crippen molar-refractivity contribution < 1.29 is 0 Å². The maximum Gasteiger partial charge on any atom is 0.0346 e. The minimum Gasteiger partial charge on any atom is -0.399 e. The third-order valence-electron chi connectivity index (χ3n) is 5.00. The molecule has 2 N–H and O–H groups in total. The summed E-state index contributed by atoms with van der Waals surface area (Å²) in [4.78, 5) is 5.28. The number of hydrogen-bond acceptors (Lipinski definition) is 3. The third-order valence-corrected chi connectivity index (χ3v) is 5.00. The highest BCUT2D eigenvalue weighted by Gasteiger charge is 2.25. The van der Waals surface area contributed by atoms with Crippen LogP contribution in [-0.4, -0.2) is 42.0 Å². The van der Waals surface area contributed by atoms with Crippen LogP contribution in [0.2, 0.25) is 0 Å². The molecule has 0 spiro atoms. The zero-order chi connectivity index (χ0) is 13.9. The highest BCUT2D eigenvalue weighted by atomic mass is 15.3. The van der Waals surface area contributed by atoms with Crippen LogP contribution >= 0.6 is 0 Å². The number of nitrogens with two attached hydrogens (primary N) is 1. The predicted molar refractivity (Wildman–Crippen MR) is 84.7 cm³/mol. The van der Waals surface area contributed by atoms with Gasteiger partial charge in [-0.25, -0.2) is 0 Å². The quantitative estimate of drug-likeness (QED) is 0.859. The first kappa shape index (κ1) is 13.9. The molecule has 3 rings (SSSR count). The van der Waals surface area contributed by atoms with E-state index in [-0.39, 0.29) is 0 Å². The monoisotopic (exact) mass is 273 g/mol. The molecule has 1 aliphatic heterocycles. The lowest BCUT2D eigenvalue weighted by Gasteiger charge is -2.38. The molecular formula is C17H27N3. The fourth-order valence-electron chi connectivity index (χ4n) is 3.60. The summed E-state index contributed by atoms with van der Waals surface area (Å²) in [6, 6.07) is 7.37. The Bertz CT molecular complexity index is 444. The van der Waals surface area contributed by atoms with Crippen molar-refractivity contribution in [1.29, 1.82) is 0 Å². The Kier molecular flexibility index (Phi) is 4.27. The molecule has 0 aromatic heterocycles. The van der Waals surface area contributed by atoms with Gasteiger partial charge in [0.15, 0.2) is 0 Å². The number of benzene rings is 1. The van der Waals surface area contributed by atoms with Crippen molar-refractivity contribution in [2.75, 3.05) is 31.9 Å². The minimum absolute atomic E-state index is 0.882. The molecule has 110 valence electrons. The first-order chi connectivity index (χ1) is 9.72. The van der Waals surface area contributed by atoms with Gasteiger partial charge in [0.25, 0.3) is 0 Å². The first-order valence-electron chi connectivity index (χ1n) is 8.04. The largest absolute Gasteiger partial charge is 0.399 e. The molecule has 2 fully saturated rings. The van der Waals surface area contributed by atoms with Gasteiger partial charge in [0.2, 0.25) is 0 Å². The average Bonchev–Trinajstić information content (AvgIpc) is 2.98. The van der Waals surface area contributed by atoms with Gasteiger partial charge in [-0.05, 0) is 37.0 Å². The second kappa shape index (κ2) is 6.15. The van der Waals surface area contributed by atoms with Crippen LogP contribution in [-0.2, 0) is 6.54 Å². The van der Waals surface area contributed by atoms with E-state index in [1.54, 1.807) is 0 Å². The molecule has 3 nitrogen and oxygen atoms in total. The van der Waals surface area contributed by atoms with E-state index in [1.807, 2.05) is 0 Å². The Morgan fingerprint density at radius 2 is 1.80 bits per heavy atom. The van der Waals surface area contributed by atoms with Crippen LogP contribution in [0, 0.1) is 6.92 Å². The molecule has 1 aromatic rings. The van der Waals surface area contributed by atoms with Crippen molar-refractivity contribution >= 4 is 5.69 Å². The summed E-state index contributed by atoms with van der Waals surface area (Å²) in [6.07, 6.45) is 5.73. The summed E-state index contributed by atoms with van der Waals surface area (Å²) in [5, 5.41) is 0. The van der Waals surface area contributed by atoms with Gasteiger partial charge in [0, 0.05) is 44.5 Å². The Labute approximate surface area is 122 Å². The summed E-state index contributed by atoms with van der Waals surface area (Å²) in [6.45, 7) is 8.00. The Balaban J connectivity index is 1.51. The van der Waals surface area contributed by atoms with E-state index in [4.69, 9.17) is 5.73 Å². The van der Waals surface area contributed by atoms with Crippen molar-refractivity contribution in [2.24, 2.45) is 0 Å². The van der Waals surface area contributed by atoms with Crippen LogP contribution in [0.1, 0.15) is 36.8 Å². The molecule has 0 radical (unpaired) electrons. The van der Waals surface area contributed by atoms with Gasteiger partial charge in [-0.2, -0.15) is 0 Å². The molecule has 0 bridgehead atoms. The van der Waals surface area contributed by atoms with E-state index in [0.29, 0.717) is 0 Å². The normalized spacial score (nSPS) is 22.4. The molecular weight excluding hydrogens is 246 g/mol. The van der Waals surface area contributed by atoms with E-state index < -0.39 is 0 Å². The number of anilines is 1. The smallest absolute Gasteiger partial charge is 0.0346 e. The molecule has 3 heteroatoms. The van der Waals surface area contributed by atoms with Gasteiger partial charge in [0.1, 0.15) is 0 Å². The molecule has 0 atom stereocenters. The van der Waals surface area contributed by atoms with Gasteiger partial charge in [-0.3, -0.25) is 9.80 Å². The van der Waals surface area contributed by atoms with Crippen molar-refractivity contribution in [2.45, 2.75) is 45.2 Å². The van der Waals surface area contributed by atoms with E-state index >= 15 is 0 Å². The SMILES string of the molecule is Cc1ccc(CN2CCN(C3CCCC3)CC2)cc1N. The van der Waals surface area contributed by atoms with Crippen molar-refractivity contribution in [1.82, 2.24) is 9.80 Å². The fourth-order valence-corrected chi connectivity index (χ4v) is 3.60. The van der Waals surface area contributed by atoms with Gasteiger partial charge < -0.3 is 5.73 Å². The number of nitrogen functional groups attached to an aromatic ring is 1. The standard InChI is InChI=1S/C17H27N3/c1-14-6-7-15(12-17(14)18)13-19-8-10-20(11-9-19)16-4-2-3-5-16/h6-7,12,16H,2-5,8-11,13,18H2,1H3. The summed E-state index contributed by atoms with van der Waals surface area (Å²) < 4.78 is 0.